The quantitative estimate of drug-likeness (QED) is 0.801. The SMILES string of the molecule is COC(=O)C12CCC(NCC3CCCCC3)(CC1)CC2.Cl. The molecular weight excluding hydrogens is 286 g/mol. The van der Waals surface area contributed by atoms with Crippen LogP contribution in [0.4, 0.5) is 0 Å². The third kappa shape index (κ3) is 3.39. The van der Waals surface area contributed by atoms with Gasteiger partial charge in [0.15, 0.2) is 0 Å². The Hall–Kier alpha value is -0.280. The number of methoxy groups -OCH3 is 1. The molecule has 0 atom stereocenters. The summed E-state index contributed by atoms with van der Waals surface area (Å²) >= 11 is 0. The van der Waals surface area contributed by atoms with Crippen LogP contribution < -0.4 is 5.32 Å². The third-order valence-corrected chi connectivity index (χ3v) is 6.36. The molecule has 4 aliphatic carbocycles. The number of carbonyl (C=O) groups is 1. The van der Waals surface area contributed by atoms with Gasteiger partial charge in [0.05, 0.1) is 12.5 Å². The van der Waals surface area contributed by atoms with Crippen molar-refractivity contribution in [3.05, 3.63) is 0 Å². The highest BCUT2D eigenvalue weighted by atomic mass is 35.5. The molecule has 0 aliphatic heterocycles. The van der Waals surface area contributed by atoms with E-state index in [1.54, 1.807) is 0 Å². The second kappa shape index (κ2) is 6.87. The molecule has 0 aromatic heterocycles. The van der Waals surface area contributed by atoms with Crippen molar-refractivity contribution in [3.8, 4) is 0 Å². The van der Waals surface area contributed by atoms with E-state index < -0.39 is 0 Å². The number of nitrogens with one attached hydrogen (secondary N) is 1. The van der Waals surface area contributed by atoms with E-state index in [1.165, 1.54) is 45.8 Å². The molecule has 1 N–H and O–H groups in total. The summed E-state index contributed by atoms with van der Waals surface area (Å²) in [6.07, 6.45) is 13.7. The lowest BCUT2D eigenvalue weighted by Gasteiger charge is -2.52. The highest BCUT2D eigenvalue weighted by molar-refractivity contribution is 5.85. The van der Waals surface area contributed by atoms with Crippen LogP contribution in [0.15, 0.2) is 0 Å². The topological polar surface area (TPSA) is 38.3 Å². The molecule has 0 amide bonds. The Morgan fingerprint density at radius 1 is 1.05 bits per heavy atom. The smallest absolute Gasteiger partial charge is 0.311 e. The second-order valence-electron chi connectivity index (χ2n) is 7.44. The Morgan fingerprint density at radius 3 is 2.14 bits per heavy atom. The zero-order valence-electron chi connectivity index (χ0n) is 13.3. The number of esters is 1. The van der Waals surface area contributed by atoms with E-state index >= 15 is 0 Å². The molecule has 122 valence electrons. The average molecular weight is 316 g/mol. The van der Waals surface area contributed by atoms with Crippen LogP contribution in [-0.4, -0.2) is 25.2 Å². The maximum Gasteiger partial charge on any atom is 0.311 e. The molecule has 21 heavy (non-hydrogen) atoms. The van der Waals surface area contributed by atoms with E-state index in [0.717, 1.165) is 44.4 Å². The number of hydrogen-bond acceptors (Lipinski definition) is 3. The summed E-state index contributed by atoms with van der Waals surface area (Å²) in [5, 5.41) is 3.91. The van der Waals surface area contributed by atoms with Gasteiger partial charge in [-0.2, -0.15) is 0 Å². The standard InChI is InChI=1S/C17H29NO2.ClH/c1-20-15(19)16-7-10-17(11-8-16,12-9-16)18-13-14-5-3-2-4-6-14;/h14,18H,2-13H2,1H3;1H. The maximum atomic E-state index is 12.0. The van der Waals surface area contributed by atoms with Crippen LogP contribution in [0.1, 0.15) is 70.6 Å². The summed E-state index contributed by atoms with van der Waals surface area (Å²) < 4.78 is 5.04. The number of fused-ring (bicyclic) bond motifs is 3. The first-order valence-corrected chi connectivity index (χ1v) is 8.52. The van der Waals surface area contributed by atoms with Gasteiger partial charge in [-0.25, -0.2) is 0 Å². The summed E-state index contributed by atoms with van der Waals surface area (Å²) in [6, 6.07) is 0. The Bertz CT molecular complexity index is 341. The van der Waals surface area contributed by atoms with Crippen molar-refractivity contribution >= 4 is 18.4 Å². The van der Waals surface area contributed by atoms with E-state index in [0.29, 0.717) is 5.54 Å². The Labute approximate surface area is 135 Å². The Kier molecular flexibility index (Phi) is 5.59. The van der Waals surface area contributed by atoms with Gasteiger partial charge in [0.2, 0.25) is 0 Å². The predicted molar refractivity (Wildman–Crippen MR) is 86.7 cm³/mol. The first-order chi connectivity index (χ1) is 9.68. The molecule has 4 aliphatic rings. The van der Waals surface area contributed by atoms with Crippen molar-refractivity contribution in [2.24, 2.45) is 11.3 Å². The predicted octanol–water partition coefficient (Wildman–Crippen LogP) is 3.84. The third-order valence-electron chi connectivity index (χ3n) is 6.36. The first kappa shape index (κ1) is 17.1. The molecule has 0 unspecified atom stereocenters. The van der Waals surface area contributed by atoms with Gasteiger partial charge in [-0.05, 0) is 63.8 Å². The number of hydrogen-bond donors (Lipinski definition) is 1. The lowest BCUT2D eigenvalue weighted by atomic mass is 9.57. The minimum atomic E-state index is -0.136. The molecule has 4 fully saturated rings. The van der Waals surface area contributed by atoms with Crippen LogP contribution in [0.5, 0.6) is 0 Å². The molecule has 0 heterocycles. The minimum absolute atomic E-state index is 0. The van der Waals surface area contributed by atoms with Gasteiger partial charge in [-0.1, -0.05) is 19.3 Å². The molecule has 3 nitrogen and oxygen atoms in total. The molecule has 0 aromatic rings. The molecule has 4 heteroatoms. The largest absolute Gasteiger partial charge is 0.469 e. The van der Waals surface area contributed by atoms with Gasteiger partial charge < -0.3 is 10.1 Å². The van der Waals surface area contributed by atoms with Crippen molar-refractivity contribution in [1.29, 1.82) is 0 Å². The van der Waals surface area contributed by atoms with Crippen LogP contribution in [0.25, 0.3) is 0 Å². The summed E-state index contributed by atoms with van der Waals surface area (Å²) in [5.41, 5.74) is 0.205. The molecule has 4 saturated carbocycles. The van der Waals surface area contributed by atoms with E-state index in [4.69, 9.17) is 4.74 Å². The van der Waals surface area contributed by atoms with E-state index in [2.05, 4.69) is 5.32 Å². The number of rotatable bonds is 4. The normalized spacial score (nSPS) is 36.0. The molecule has 0 aromatic carbocycles. The summed E-state index contributed by atoms with van der Waals surface area (Å²) in [5.74, 6) is 0.936. The van der Waals surface area contributed by atoms with Crippen LogP contribution in [0, 0.1) is 11.3 Å². The van der Waals surface area contributed by atoms with Crippen LogP contribution in [0.3, 0.4) is 0 Å². The zero-order valence-corrected chi connectivity index (χ0v) is 14.1. The lowest BCUT2D eigenvalue weighted by Crippen LogP contribution is -2.57. The molecule has 0 spiro atoms. The van der Waals surface area contributed by atoms with Crippen LogP contribution >= 0.6 is 12.4 Å². The average Bonchev–Trinajstić information content (AvgIpc) is 2.55. The van der Waals surface area contributed by atoms with Crippen molar-refractivity contribution in [1.82, 2.24) is 5.32 Å². The van der Waals surface area contributed by atoms with Crippen molar-refractivity contribution in [2.75, 3.05) is 13.7 Å². The highest BCUT2D eigenvalue weighted by Crippen LogP contribution is 2.52. The van der Waals surface area contributed by atoms with Gasteiger partial charge in [0.25, 0.3) is 0 Å². The maximum absolute atomic E-state index is 12.0. The van der Waals surface area contributed by atoms with Gasteiger partial charge in [0.1, 0.15) is 0 Å². The Morgan fingerprint density at radius 2 is 1.62 bits per heavy atom. The highest BCUT2D eigenvalue weighted by Gasteiger charge is 2.52. The number of carbonyl (C=O) groups excluding carboxylic acids is 1. The summed E-state index contributed by atoms with van der Waals surface area (Å²) in [6.45, 7) is 1.20. The monoisotopic (exact) mass is 315 g/mol. The van der Waals surface area contributed by atoms with Gasteiger partial charge in [0, 0.05) is 5.54 Å². The lowest BCUT2D eigenvalue weighted by molar-refractivity contribution is -0.160. The van der Waals surface area contributed by atoms with Crippen molar-refractivity contribution in [2.45, 2.75) is 76.2 Å². The molecule has 4 rings (SSSR count). The van der Waals surface area contributed by atoms with Gasteiger partial charge >= 0.3 is 5.97 Å². The van der Waals surface area contributed by atoms with Gasteiger partial charge in [-0.3, -0.25) is 4.79 Å². The second-order valence-corrected chi connectivity index (χ2v) is 7.44. The van der Waals surface area contributed by atoms with E-state index in [9.17, 15) is 4.79 Å². The summed E-state index contributed by atoms with van der Waals surface area (Å²) in [7, 11) is 1.54. The summed E-state index contributed by atoms with van der Waals surface area (Å²) in [4.78, 5) is 12.0. The van der Waals surface area contributed by atoms with E-state index in [1.807, 2.05) is 0 Å². The Balaban J connectivity index is 0.00000161. The number of ether oxygens (including phenoxy) is 1. The van der Waals surface area contributed by atoms with E-state index in [-0.39, 0.29) is 23.8 Å². The van der Waals surface area contributed by atoms with Crippen molar-refractivity contribution < 1.29 is 9.53 Å². The van der Waals surface area contributed by atoms with Gasteiger partial charge in [-0.15, -0.1) is 12.4 Å². The van der Waals surface area contributed by atoms with Crippen LogP contribution in [0.2, 0.25) is 0 Å². The molecule has 0 saturated heterocycles. The molecule has 0 radical (unpaired) electrons. The first-order valence-electron chi connectivity index (χ1n) is 8.52. The van der Waals surface area contributed by atoms with Crippen LogP contribution in [-0.2, 0) is 9.53 Å². The van der Waals surface area contributed by atoms with Crippen molar-refractivity contribution in [3.63, 3.8) is 0 Å². The fraction of sp³-hybridized carbons (Fsp3) is 0.941. The fourth-order valence-electron chi connectivity index (χ4n) is 4.73. The minimum Gasteiger partial charge on any atom is -0.469 e. The number of halogens is 1. The molecule has 2 bridgehead atoms. The fourth-order valence-corrected chi connectivity index (χ4v) is 4.73. The molecular formula is C17H30ClNO2. The zero-order chi connectivity index (χ0) is 14.1.